The summed E-state index contributed by atoms with van der Waals surface area (Å²) >= 11 is 0. The van der Waals surface area contributed by atoms with E-state index in [1.165, 1.54) is 29.5 Å². The Hall–Kier alpha value is -2.77. The molecule has 0 radical (unpaired) electrons. The van der Waals surface area contributed by atoms with E-state index in [4.69, 9.17) is 18.9 Å². The number of piperidine rings is 1. The van der Waals surface area contributed by atoms with Crippen LogP contribution >= 0.6 is 0 Å². The first kappa shape index (κ1) is 23.9. The molecule has 2 unspecified atom stereocenters. The zero-order valence-electron chi connectivity index (χ0n) is 21.0. The van der Waals surface area contributed by atoms with Crippen molar-refractivity contribution in [2.45, 2.75) is 70.6 Å². The number of nitrogens with zero attached hydrogens (tertiary/aromatic N) is 1. The lowest BCUT2D eigenvalue weighted by Gasteiger charge is -2.39. The Bertz CT molecular complexity index is 1060. The summed E-state index contributed by atoms with van der Waals surface area (Å²) in [6.45, 7) is 6.69. The van der Waals surface area contributed by atoms with Crippen LogP contribution in [0.2, 0.25) is 0 Å². The van der Waals surface area contributed by atoms with E-state index in [0.717, 1.165) is 42.2 Å². The number of ether oxygens (including phenoxy) is 4. The van der Waals surface area contributed by atoms with Crippen LogP contribution in [-0.2, 0) is 22.5 Å². The van der Waals surface area contributed by atoms with Gasteiger partial charge in [-0.15, -0.1) is 0 Å². The van der Waals surface area contributed by atoms with Gasteiger partial charge in [0.2, 0.25) is 12.7 Å². The first-order valence-corrected chi connectivity index (χ1v) is 12.7. The van der Waals surface area contributed by atoms with E-state index in [2.05, 4.69) is 36.2 Å². The van der Waals surface area contributed by atoms with Gasteiger partial charge in [0.05, 0.1) is 13.0 Å². The van der Waals surface area contributed by atoms with Crippen LogP contribution in [0.4, 0.5) is 0 Å². The van der Waals surface area contributed by atoms with Gasteiger partial charge in [-0.2, -0.15) is 0 Å². The maximum atomic E-state index is 12.8. The van der Waals surface area contributed by atoms with Crippen LogP contribution in [0.1, 0.15) is 47.9 Å². The number of rotatable bonds is 9. The minimum Gasteiger partial charge on any atom is -0.491 e. The highest BCUT2D eigenvalue weighted by Gasteiger charge is 2.41. The zero-order chi connectivity index (χ0) is 24.4. The summed E-state index contributed by atoms with van der Waals surface area (Å²) in [5.41, 5.74) is 4.83. The monoisotopic (exact) mass is 480 g/mol. The van der Waals surface area contributed by atoms with Crippen molar-refractivity contribution in [1.82, 2.24) is 10.2 Å². The molecule has 2 saturated heterocycles. The van der Waals surface area contributed by atoms with Crippen LogP contribution in [0.3, 0.4) is 0 Å². The van der Waals surface area contributed by atoms with Gasteiger partial charge in [-0.1, -0.05) is 12.1 Å². The van der Waals surface area contributed by atoms with Crippen LogP contribution < -0.4 is 19.5 Å². The van der Waals surface area contributed by atoms with Crippen molar-refractivity contribution in [3.8, 4) is 17.2 Å². The molecule has 0 spiro atoms. The summed E-state index contributed by atoms with van der Waals surface area (Å²) in [6, 6.07) is 11.3. The maximum Gasteiger partial charge on any atom is 0.231 e. The summed E-state index contributed by atoms with van der Waals surface area (Å²) in [5, 5.41) is 3.31. The van der Waals surface area contributed by atoms with Crippen LogP contribution in [0.15, 0.2) is 30.3 Å². The number of benzene rings is 2. The lowest BCUT2D eigenvalue weighted by molar-refractivity contribution is -0.121. The minimum atomic E-state index is 0.0808. The third kappa shape index (κ3) is 5.26. The molecule has 0 saturated carbocycles. The van der Waals surface area contributed by atoms with Crippen molar-refractivity contribution in [3.05, 3.63) is 52.6 Å². The Balaban J connectivity index is 1.16. The molecule has 35 heavy (non-hydrogen) atoms. The molecule has 1 N–H and O–H groups in total. The van der Waals surface area contributed by atoms with Crippen molar-refractivity contribution in [2.24, 2.45) is 0 Å². The molecule has 188 valence electrons. The second-order valence-electron chi connectivity index (χ2n) is 9.97. The van der Waals surface area contributed by atoms with Gasteiger partial charge in [0.15, 0.2) is 11.5 Å². The molecule has 2 aromatic rings. The predicted molar refractivity (Wildman–Crippen MR) is 133 cm³/mol. The smallest absolute Gasteiger partial charge is 0.231 e. The first-order chi connectivity index (χ1) is 17.0. The van der Waals surface area contributed by atoms with E-state index >= 15 is 0 Å². The third-order valence-corrected chi connectivity index (χ3v) is 7.80. The van der Waals surface area contributed by atoms with Gasteiger partial charge in [-0.3, -0.25) is 9.69 Å². The fraction of sp³-hybridized carbons (Fsp3) is 0.536. The molecule has 0 aromatic heterocycles. The molecule has 3 aliphatic rings. The molecule has 3 heterocycles. The number of methoxy groups -OCH3 is 1. The van der Waals surface area contributed by atoms with E-state index in [1.807, 2.05) is 18.2 Å². The molecule has 2 fully saturated rings. The van der Waals surface area contributed by atoms with Gasteiger partial charge >= 0.3 is 0 Å². The fourth-order valence-electron chi connectivity index (χ4n) is 5.78. The van der Waals surface area contributed by atoms with Gasteiger partial charge < -0.3 is 24.3 Å². The summed E-state index contributed by atoms with van der Waals surface area (Å²) in [7, 11) is 1.69. The molecule has 7 heteroatoms. The van der Waals surface area contributed by atoms with Gasteiger partial charge in [0, 0.05) is 31.8 Å². The molecule has 1 amide bonds. The van der Waals surface area contributed by atoms with E-state index in [9.17, 15) is 4.79 Å². The van der Waals surface area contributed by atoms with Crippen molar-refractivity contribution < 1.29 is 23.7 Å². The minimum absolute atomic E-state index is 0.0808. The summed E-state index contributed by atoms with van der Waals surface area (Å²) in [5.74, 6) is 2.49. The number of hydrogen-bond acceptors (Lipinski definition) is 6. The number of nitrogens with one attached hydrogen (secondary N) is 1. The number of fused-ring (bicyclic) bond motifs is 3. The number of carbonyl (C=O) groups excluding carboxylic acids is 1. The van der Waals surface area contributed by atoms with Crippen molar-refractivity contribution >= 4 is 5.91 Å². The largest absolute Gasteiger partial charge is 0.491 e. The first-order valence-electron chi connectivity index (χ1n) is 12.7. The highest BCUT2D eigenvalue weighted by Crippen LogP contribution is 2.38. The summed E-state index contributed by atoms with van der Waals surface area (Å²) in [4.78, 5) is 15.4. The fourth-order valence-corrected chi connectivity index (χ4v) is 5.78. The van der Waals surface area contributed by atoms with Gasteiger partial charge in [-0.05, 0) is 80.0 Å². The Labute approximate surface area is 207 Å². The third-order valence-electron chi connectivity index (χ3n) is 7.80. The molecule has 7 nitrogen and oxygen atoms in total. The second kappa shape index (κ2) is 10.5. The number of amides is 1. The summed E-state index contributed by atoms with van der Waals surface area (Å²) in [6.07, 6.45) is 4.80. The summed E-state index contributed by atoms with van der Waals surface area (Å²) < 4.78 is 21.8. The maximum absolute atomic E-state index is 12.8. The van der Waals surface area contributed by atoms with Gasteiger partial charge in [0.1, 0.15) is 12.4 Å². The predicted octanol–water partition coefficient (Wildman–Crippen LogP) is 3.91. The molecule has 3 aliphatic heterocycles. The SMILES string of the molecule is COCCOc1ccc(CN2C3CCC2CC(NC(=O)Cc2ccc4c(c2)OCO4)C3)c(C)c1C. The highest BCUT2D eigenvalue weighted by atomic mass is 16.7. The molecule has 2 atom stereocenters. The number of hydrogen-bond donors (Lipinski definition) is 1. The lowest BCUT2D eigenvalue weighted by Crippen LogP contribution is -2.50. The Morgan fingerprint density at radius 1 is 1.03 bits per heavy atom. The van der Waals surface area contributed by atoms with Crippen molar-refractivity contribution in [2.75, 3.05) is 27.1 Å². The topological polar surface area (TPSA) is 69.3 Å². The molecular weight excluding hydrogens is 444 g/mol. The Morgan fingerprint density at radius 3 is 2.57 bits per heavy atom. The quantitative estimate of drug-likeness (QED) is 0.549. The van der Waals surface area contributed by atoms with Gasteiger partial charge in [-0.25, -0.2) is 0 Å². The Kier molecular flexibility index (Phi) is 7.16. The van der Waals surface area contributed by atoms with E-state index in [1.54, 1.807) is 7.11 Å². The van der Waals surface area contributed by atoms with E-state index < -0.39 is 0 Å². The molecule has 5 rings (SSSR count). The van der Waals surface area contributed by atoms with Gasteiger partial charge in [0.25, 0.3) is 0 Å². The standard InChI is InChI=1S/C28H36N2O5/c1-18-19(2)25(33-11-10-32-3)9-5-21(18)16-30-23-6-7-24(30)15-22(14-23)29-28(31)13-20-4-8-26-27(12-20)35-17-34-26/h4-5,8-9,12,22-24H,6-7,10-11,13-17H2,1-3H3,(H,29,31). The van der Waals surface area contributed by atoms with Crippen LogP contribution in [0, 0.1) is 13.8 Å². The molecular formula is C28H36N2O5. The van der Waals surface area contributed by atoms with Crippen LogP contribution in [-0.4, -0.2) is 56.0 Å². The zero-order valence-corrected chi connectivity index (χ0v) is 21.0. The Morgan fingerprint density at radius 2 is 1.80 bits per heavy atom. The molecule has 0 aliphatic carbocycles. The lowest BCUT2D eigenvalue weighted by atomic mass is 9.95. The highest BCUT2D eigenvalue weighted by molar-refractivity contribution is 5.79. The second-order valence-corrected chi connectivity index (χ2v) is 9.97. The normalized spacial score (nSPS) is 22.9. The number of carbonyl (C=O) groups is 1. The van der Waals surface area contributed by atoms with Crippen LogP contribution in [0.25, 0.3) is 0 Å². The van der Waals surface area contributed by atoms with Crippen molar-refractivity contribution in [1.29, 1.82) is 0 Å². The average Bonchev–Trinajstić information content (AvgIpc) is 3.39. The average molecular weight is 481 g/mol. The molecule has 2 aromatic carbocycles. The van der Waals surface area contributed by atoms with Crippen molar-refractivity contribution in [3.63, 3.8) is 0 Å². The van der Waals surface area contributed by atoms with E-state index in [0.29, 0.717) is 31.7 Å². The molecule has 2 bridgehead atoms. The van der Waals surface area contributed by atoms with Crippen LogP contribution in [0.5, 0.6) is 17.2 Å². The van der Waals surface area contributed by atoms with E-state index in [-0.39, 0.29) is 18.7 Å².